The number of anilines is 1. The summed E-state index contributed by atoms with van der Waals surface area (Å²) < 4.78 is 55.1. The molecule has 0 radical (unpaired) electrons. The van der Waals surface area contributed by atoms with Crippen LogP contribution in [0, 0.1) is 0 Å². The van der Waals surface area contributed by atoms with E-state index >= 15 is 0 Å². The predicted octanol–water partition coefficient (Wildman–Crippen LogP) is 4.29. The van der Waals surface area contributed by atoms with Gasteiger partial charge in [-0.15, -0.1) is 0 Å². The second kappa shape index (κ2) is 10.4. The molecule has 182 valence electrons. The van der Waals surface area contributed by atoms with Crippen LogP contribution >= 0.6 is 0 Å². The van der Waals surface area contributed by atoms with Crippen LogP contribution in [-0.2, 0) is 11.0 Å². The van der Waals surface area contributed by atoms with Crippen LogP contribution in [0.15, 0.2) is 72.8 Å². The lowest BCUT2D eigenvalue weighted by Gasteiger charge is -2.26. The summed E-state index contributed by atoms with van der Waals surface area (Å²) in [5.41, 5.74) is -0.475. The smallest absolute Gasteiger partial charge is 0.416 e. The minimum atomic E-state index is -4.51. The van der Waals surface area contributed by atoms with Gasteiger partial charge in [-0.05, 0) is 54.6 Å². The van der Waals surface area contributed by atoms with Gasteiger partial charge in [0.05, 0.1) is 12.1 Å². The number of nitrogens with one attached hydrogen (secondary N) is 2. The number of ether oxygens (including phenoxy) is 3. The Labute approximate surface area is 198 Å². The third-order valence-electron chi connectivity index (χ3n) is 5.02. The molecule has 0 bridgehead atoms. The molecule has 3 aromatic rings. The van der Waals surface area contributed by atoms with Gasteiger partial charge in [-0.1, -0.05) is 18.2 Å². The Bertz CT molecular complexity index is 1200. The van der Waals surface area contributed by atoms with E-state index in [1.54, 1.807) is 6.07 Å². The lowest BCUT2D eigenvalue weighted by atomic mass is 10.2. The molecule has 1 heterocycles. The number of hydrogen-bond donors (Lipinski definition) is 2. The van der Waals surface area contributed by atoms with E-state index in [2.05, 4.69) is 10.6 Å². The number of halogens is 3. The molecule has 1 aliphatic heterocycles. The van der Waals surface area contributed by atoms with E-state index in [9.17, 15) is 22.8 Å². The van der Waals surface area contributed by atoms with Gasteiger partial charge in [-0.3, -0.25) is 9.59 Å². The summed E-state index contributed by atoms with van der Waals surface area (Å²) in [6.45, 7) is 0.149. The number of carbonyl (C=O) groups is 2. The number of carbonyl (C=O) groups excluding carboxylic acids is 2. The molecule has 10 heteroatoms. The van der Waals surface area contributed by atoms with Crippen molar-refractivity contribution >= 4 is 17.5 Å². The minimum absolute atomic E-state index is 0.0104. The van der Waals surface area contributed by atoms with Crippen LogP contribution in [0.2, 0.25) is 0 Å². The molecular weight excluding hydrogens is 465 g/mol. The third-order valence-corrected chi connectivity index (χ3v) is 5.02. The van der Waals surface area contributed by atoms with E-state index in [-0.39, 0.29) is 24.2 Å². The summed E-state index contributed by atoms with van der Waals surface area (Å²) in [6.07, 6.45) is -4.83. The molecule has 0 spiro atoms. The number of hydrogen-bond acceptors (Lipinski definition) is 5. The lowest BCUT2D eigenvalue weighted by Crippen LogP contribution is -2.40. The fourth-order valence-electron chi connectivity index (χ4n) is 3.29. The van der Waals surface area contributed by atoms with Crippen LogP contribution < -0.4 is 24.8 Å². The molecule has 0 saturated heterocycles. The molecule has 0 aliphatic carbocycles. The van der Waals surface area contributed by atoms with Crippen molar-refractivity contribution in [2.24, 2.45) is 0 Å². The first kappa shape index (κ1) is 23.9. The van der Waals surface area contributed by atoms with E-state index in [1.807, 2.05) is 18.2 Å². The lowest BCUT2D eigenvalue weighted by molar-refractivity contribution is -0.137. The molecule has 1 aliphatic rings. The molecule has 1 atom stereocenters. The topological polar surface area (TPSA) is 85.9 Å². The Morgan fingerprint density at radius 2 is 1.71 bits per heavy atom. The van der Waals surface area contributed by atoms with Crippen LogP contribution in [0.4, 0.5) is 18.9 Å². The first-order valence-electron chi connectivity index (χ1n) is 10.6. The van der Waals surface area contributed by atoms with Gasteiger partial charge in [0.25, 0.3) is 11.8 Å². The normalized spacial score (nSPS) is 14.7. The molecule has 7 nitrogen and oxygen atoms in total. The van der Waals surface area contributed by atoms with Crippen LogP contribution in [0.3, 0.4) is 0 Å². The third kappa shape index (κ3) is 6.44. The zero-order chi connectivity index (χ0) is 24.8. The summed E-state index contributed by atoms with van der Waals surface area (Å²) in [5, 5.41) is 5.14. The van der Waals surface area contributed by atoms with Crippen molar-refractivity contribution in [3.63, 3.8) is 0 Å². The molecule has 35 heavy (non-hydrogen) atoms. The second-order valence-electron chi connectivity index (χ2n) is 7.65. The SMILES string of the molecule is O=C(COc1ccc(C(=O)NCC2COc3ccccc3O2)cc1)Nc1cccc(C(F)(F)F)c1. The fourth-order valence-corrected chi connectivity index (χ4v) is 3.29. The molecule has 0 fully saturated rings. The van der Waals surface area contributed by atoms with Gasteiger partial charge in [-0.2, -0.15) is 13.2 Å². The number of para-hydroxylation sites is 2. The van der Waals surface area contributed by atoms with E-state index in [0.717, 1.165) is 12.1 Å². The predicted molar refractivity (Wildman–Crippen MR) is 121 cm³/mol. The molecule has 4 rings (SSSR count). The van der Waals surface area contributed by atoms with Gasteiger partial charge in [-0.25, -0.2) is 0 Å². The number of amides is 2. The largest absolute Gasteiger partial charge is 0.486 e. The van der Waals surface area contributed by atoms with Gasteiger partial charge in [0.15, 0.2) is 18.1 Å². The van der Waals surface area contributed by atoms with Crippen molar-refractivity contribution in [1.29, 1.82) is 0 Å². The maximum absolute atomic E-state index is 12.8. The zero-order valence-corrected chi connectivity index (χ0v) is 18.3. The van der Waals surface area contributed by atoms with Crippen molar-refractivity contribution < 1.29 is 37.0 Å². The molecule has 0 saturated carbocycles. The average Bonchev–Trinajstić information content (AvgIpc) is 2.86. The van der Waals surface area contributed by atoms with Gasteiger partial charge >= 0.3 is 6.18 Å². The maximum Gasteiger partial charge on any atom is 0.416 e. The van der Waals surface area contributed by atoms with Crippen molar-refractivity contribution in [3.05, 3.63) is 83.9 Å². The summed E-state index contributed by atoms with van der Waals surface area (Å²) in [4.78, 5) is 24.4. The Balaban J connectivity index is 1.23. The zero-order valence-electron chi connectivity index (χ0n) is 18.3. The van der Waals surface area contributed by atoms with E-state index in [4.69, 9.17) is 14.2 Å². The van der Waals surface area contributed by atoms with Crippen molar-refractivity contribution in [3.8, 4) is 17.2 Å². The Kier molecular flexibility index (Phi) is 7.09. The Morgan fingerprint density at radius 1 is 0.971 bits per heavy atom. The highest BCUT2D eigenvalue weighted by molar-refractivity contribution is 5.94. The highest BCUT2D eigenvalue weighted by Crippen LogP contribution is 2.31. The summed E-state index contributed by atoms with van der Waals surface area (Å²) >= 11 is 0. The van der Waals surface area contributed by atoms with Crippen LogP contribution in [0.25, 0.3) is 0 Å². The summed E-state index contributed by atoms with van der Waals surface area (Å²) in [6, 6.07) is 17.7. The molecule has 0 aromatic heterocycles. The summed E-state index contributed by atoms with van der Waals surface area (Å²) in [5.74, 6) is 0.663. The first-order chi connectivity index (χ1) is 16.8. The standard InChI is InChI=1S/C25H21F3N2O5/c26-25(27,28)17-4-3-5-18(12-17)30-23(31)15-33-19-10-8-16(9-11-19)24(32)29-13-20-14-34-21-6-1-2-7-22(21)35-20/h1-12,20H,13-15H2,(H,29,32)(H,30,31). The monoisotopic (exact) mass is 486 g/mol. The highest BCUT2D eigenvalue weighted by atomic mass is 19.4. The highest BCUT2D eigenvalue weighted by Gasteiger charge is 2.30. The Morgan fingerprint density at radius 3 is 2.46 bits per heavy atom. The number of alkyl halides is 3. The number of fused-ring (bicyclic) bond motifs is 1. The van der Waals surface area contributed by atoms with Crippen molar-refractivity contribution in [1.82, 2.24) is 5.32 Å². The summed E-state index contributed by atoms with van der Waals surface area (Å²) in [7, 11) is 0. The van der Waals surface area contributed by atoms with Gasteiger partial charge in [0.1, 0.15) is 18.5 Å². The molecular formula is C25H21F3N2O5. The molecule has 1 unspecified atom stereocenters. The molecule has 2 amide bonds. The van der Waals surface area contributed by atoms with E-state index in [1.165, 1.54) is 36.4 Å². The molecule has 2 N–H and O–H groups in total. The quantitative estimate of drug-likeness (QED) is 0.521. The van der Waals surface area contributed by atoms with Gasteiger partial charge in [0.2, 0.25) is 0 Å². The van der Waals surface area contributed by atoms with Crippen molar-refractivity contribution in [2.75, 3.05) is 25.1 Å². The first-order valence-corrected chi connectivity index (χ1v) is 10.6. The van der Waals surface area contributed by atoms with Crippen LogP contribution in [0.1, 0.15) is 15.9 Å². The van der Waals surface area contributed by atoms with Gasteiger partial charge in [0, 0.05) is 11.3 Å². The van der Waals surface area contributed by atoms with Crippen LogP contribution in [-0.4, -0.2) is 37.7 Å². The van der Waals surface area contributed by atoms with Gasteiger partial charge < -0.3 is 24.8 Å². The number of benzene rings is 3. The van der Waals surface area contributed by atoms with E-state index in [0.29, 0.717) is 29.4 Å². The molecule has 3 aromatic carbocycles. The van der Waals surface area contributed by atoms with E-state index < -0.39 is 24.3 Å². The van der Waals surface area contributed by atoms with Crippen molar-refractivity contribution in [2.45, 2.75) is 12.3 Å². The minimum Gasteiger partial charge on any atom is -0.486 e. The second-order valence-corrected chi connectivity index (χ2v) is 7.65. The Hall–Kier alpha value is -4.21. The fraction of sp³-hybridized carbons (Fsp3) is 0.200. The average molecular weight is 486 g/mol. The number of rotatable bonds is 7. The van der Waals surface area contributed by atoms with Crippen LogP contribution in [0.5, 0.6) is 17.2 Å². The maximum atomic E-state index is 12.8.